The Morgan fingerprint density at radius 3 is 2.68 bits per heavy atom. The third-order valence-electron chi connectivity index (χ3n) is 3.51. The van der Waals surface area contributed by atoms with Gasteiger partial charge >= 0.3 is 0 Å². The van der Waals surface area contributed by atoms with E-state index in [1.165, 1.54) is 12.8 Å². The summed E-state index contributed by atoms with van der Waals surface area (Å²) in [7, 11) is 0. The monoisotopic (exact) mass is 283 g/mol. The van der Waals surface area contributed by atoms with Crippen molar-refractivity contribution < 1.29 is 4.74 Å². The average Bonchev–Trinajstić information content (AvgIpc) is 2.79. The third kappa shape index (κ3) is 5.07. The molecule has 0 bridgehead atoms. The quantitative estimate of drug-likeness (QED) is 0.870. The molecule has 2 rings (SSSR count). The van der Waals surface area contributed by atoms with Crippen molar-refractivity contribution >= 4 is 11.3 Å². The molecule has 108 valence electrons. The minimum absolute atomic E-state index is 0.348. The molecule has 1 N–H and O–H groups in total. The van der Waals surface area contributed by atoms with Gasteiger partial charge in [0, 0.05) is 6.54 Å². The number of ether oxygens (including phenoxy) is 1. The Balaban J connectivity index is 1.74. The van der Waals surface area contributed by atoms with E-state index in [0.717, 1.165) is 42.1 Å². The molecule has 4 nitrogen and oxygen atoms in total. The summed E-state index contributed by atoms with van der Waals surface area (Å²) in [5.41, 5.74) is 0. The van der Waals surface area contributed by atoms with E-state index in [2.05, 4.69) is 36.3 Å². The molecule has 1 heterocycles. The first kappa shape index (κ1) is 14.7. The Bertz CT molecular complexity index is 373. The molecule has 1 aromatic rings. The Morgan fingerprint density at radius 2 is 2.00 bits per heavy atom. The van der Waals surface area contributed by atoms with Gasteiger partial charge in [0.2, 0.25) is 0 Å². The molecular formula is C14H25N3OS. The second-order valence-corrected chi connectivity index (χ2v) is 7.01. The summed E-state index contributed by atoms with van der Waals surface area (Å²) < 4.78 is 5.93. The van der Waals surface area contributed by atoms with Crippen molar-refractivity contribution in [2.45, 2.75) is 59.1 Å². The molecule has 0 amide bonds. The Hall–Kier alpha value is -0.680. The second kappa shape index (κ2) is 7.20. The average molecular weight is 283 g/mol. The first-order valence-electron chi connectivity index (χ1n) is 7.33. The third-order valence-corrected chi connectivity index (χ3v) is 4.32. The van der Waals surface area contributed by atoms with Gasteiger partial charge in [0.05, 0.1) is 0 Å². The SMILES string of the molecule is CC(C)CNCc1nnc(OC2CCC(C)CC2)s1. The van der Waals surface area contributed by atoms with Crippen molar-refractivity contribution in [1.29, 1.82) is 0 Å². The molecule has 1 saturated carbocycles. The van der Waals surface area contributed by atoms with E-state index in [1.807, 2.05) is 0 Å². The van der Waals surface area contributed by atoms with E-state index in [0.29, 0.717) is 12.0 Å². The number of aromatic nitrogens is 2. The van der Waals surface area contributed by atoms with Crippen LogP contribution in [-0.4, -0.2) is 22.8 Å². The summed E-state index contributed by atoms with van der Waals surface area (Å²) in [5, 5.41) is 13.4. The highest BCUT2D eigenvalue weighted by molar-refractivity contribution is 7.13. The molecule has 0 spiro atoms. The van der Waals surface area contributed by atoms with Crippen molar-refractivity contribution in [3.8, 4) is 5.19 Å². The van der Waals surface area contributed by atoms with Gasteiger partial charge in [-0.2, -0.15) is 0 Å². The van der Waals surface area contributed by atoms with Gasteiger partial charge in [-0.05, 0) is 44.1 Å². The molecule has 0 saturated heterocycles. The van der Waals surface area contributed by atoms with Gasteiger partial charge in [0.1, 0.15) is 11.1 Å². The standard InChI is InChI=1S/C14H25N3OS/c1-10(2)8-15-9-13-16-17-14(19-13)18-12-6-4-11(3)5-7-12/h10-12,15H,4-9H2,1-3H3. The van der Waals surface area contributed by atoms with E-state index < -0.39 is 0 Å². The molecule has 0 radical (unpaired) electrons. The molecule has 0 atom stereocenters. The van der Waals surface area contributed by atoms with Crippen LogP contribution < -0.4 is 10.1 Å². The number of nitrogens with one attached hydrogen (secondary N) is 1. The lowest BCUT2D eigenvalue weighted by atomic mass is 9.89. The fraction of sp³-hybridized carbons (Fsp3) is 0.857. The van der Waals surface area contributed by atoms with Gasteiger partial charge in [0.15, 0.2) is 0 Å². The lowest BCUT2D eigenvalue weighted by molar-refractivity contribution is 0.134. The number of hydrogen-bond acceptors (Lipinski definition) is 5. The smallest absolute Gasteiger partial charge is 0.294 e. The van der Waals surface area contributed by atoms with Gasteiger partial charge in [-0.15, -0.1) is 5.10 Å². The van der Waals surface area contributed by atoms with Gasteiger partial charge in [-0.3, -0.25) is 0 Å². The topological polar surface area (TPSA) is 47.0 Å². The van der Waals surface area contributed by atoms with Crippen LogP contribution in [0, 0.1) is 11.8 Å². The molecule has 1 aromatic heterocycles. The first-order valence-corrected chi connectivity index (χ1v) is 8.15. The van der Waals surface area contributed by atoms with Gasteiger partial charge < -0.3 is 10.1 Å². The summed E-state index contributed by atoms with van der Waals surface area (Å²) in [5.74, 6) is 1.51. The fourth-order valence-corrected chi connectivity index (χ4v) is 3.04. The molecule has 0 aromatic carbocycles. The maximum absolute atomic E-state index is 5.93. The zero-order chi connectivity index (χ0) is 13.7. The zero-order valence-electron chi connectivity index (χ0n) is 12.2. The molecule has 0 unspecified atom stereocenters. The second-order valence-electron chi connectivity index (χ2n) is 5.99. The van der Waals surface area contributed by atoms with Crippen LogP contribution in [0.15, 0.2) is 0 Å². The van der Waals surface area contributed by atoms with Crippen LogP contribution in [-0.2, 0) is 6.54 Å². The number of hydrogen-bond donors (Lipinski definition) is 1. The number of rotatable bonds is 6. The Kier molecular flexibility index (Phi) is 5.58. The lowest BCUT2D eigenvalue weighted by Gasteiger charge is -2.25. The van der Waals surface area contributed by atoms with Gasteiger partial charge in [-0.25, -0.2) is 0 Å². The summed E-state index contributed by atoms with van der Waals surface area (Å²) in [6.07, 6.45) is 5.20. The predicted octanol–water partition coefficient (Wildman–Crippen LogP) is 3.24. The minimum atomic E-state index is 0.348. The largest absolute Gasteiger partial charge is 0.466 e. The molecule has 19 heavy (non-hydrogen) atoms. The van der Waals surface area contributed by atoms with Crippen LogP contribution in [0.1, 0.15) is 51.5 Å². The van der Waals surface area contributed by atoms with E-state index in [9.17, 15) is 0 Å². The normalized spacial score (nSPS) is 23.8. The molecule has 1 aliphatic rings. The lowest BCUT2D eigenvalue weighted by Crippen LogP contribution is -2.22. The zero-order valence-corrected chi connectivity index (χ0v) is 13.0. The molecule has 0 aliphatic heterocycles. The van der Waals surface area contributed by atoms with E-state index >= 15 is 0 Å². The molecule has 1 aliphatic carbocycles. The Labute approximate surface area is 120 Å². The highest BCUT2D eigenvalue weighted by Gasteiger charge is 2.20. The first-order chi connectivity index (χ1) is 9.13. The van der Waals surface area contributed by atoms with Crippen LogP contribution in [0.25, 0.3) is 0 Å². The van der Waals surface area contributed by atoms with Crippen molar-refractivity contribution in [1.82, 2.24) is 15.5 Å². The van der Waals surface area contributed by atoms with E-state index in [4.69, 9.17) is 4.74 Å². The van der Waals surface area contributed by atoms with Crippen LogP contribution in [0.4, 0.5) is 0 Å². The molecule has 5 heteroatoms. The van der Waals surface area contributed by atoms with Crippen LogP contribution in [0.3, 0.4) is 0 Å². The van der Waals surface area contributed by atoms with Crippen LogP contribution in [0.5, 0.6) is 5.19 Å². The van der Waals surface area contributed by atoms with Crippen molar-refractivity contribution in [2.24, 2.45) is 11.8 Å². The number of nitrogens with zero attached hydrogens (tertiary/aromatic N) is 2. The highest BCUT2D eigenvalue weighted by atomic mass is 32.1. The van der Waals surface area contributed by atoms with Crippen molar-refractivity contribution in [3.63, 3.8) is 0 Å². The highest BCUT2D eigenvalue weighted by Crippen LogP contribution is 2.28. The summed E-state index contributed by atoms with van der Waals surface area (Å²) in [6, 6.07) is 0. The van der Waals surface area contributed by atoms with Crippen LogP contribution >= 0.6 is 11.3 Å². The Morgan fingerprint density at radius 1 is 1.26 bits per heavy atom. The maximum atomic E-state index is 5.93. The molecular weight excluding hydrogens is 258 g/mol. The summed E-state index contributed by atoms with van der Waals surface area (Å²) >= 11 is 1.57. The summed E-state index contributed by atoms with van der Waals surface area (Å²) in [4.78, 5) is 0. The van der Waals surface area contributed by atoms with Crippen molar-refractivity contribution in [3.05, 3.63) is 5.01 Å². The molecule has 1 fully saturated rings. The van der Waals surface area contributed by atoms with E-state index in [1.54, 1.807) is 11.3 Å². The maximum Gasteiger partial charge on any atom is 0.294 e. The van der Waals surface area contributed by atoms with Crippen LogP contribution in [0.2, 0.25) is 0 Å². The minimum Gasteiger partial charge on any atom is -0.466 e. The fourth-order valence-electron chi connectivity index (χ4n) is 2.31. The van der Waals surface area contributed by atoms with Crippen molar-refractivity contribution in [2.75, 3.05) is 6.54 Å². The van der Waals surface area contributed by atoms with Gasteiger partial charge in [0.25, 0.3) is 5.19 Å². The van der Waals surface area contributed by atoms with Gasteiger partial charge in [-0.1, -0.05) is 37.2 Å². The van der Waals surface area contributed by atoms with E-state index in [-0.39, 0.29) is 0 Å². The predicted molar refractivity (Wildman–Crippen MR) is 78.5 cm³/mol. The summed E-state index contributed by atoms with van der Waals surface area (Å²) in [6.45, 7) is 8.52.